The van der Waals surface area contributed by atoms with Crippen LogP contribution in [-0.4, -0.2) is 20.2 Å². The van der Waals surface area contributed by atoms with Gasteiger partial charge in [-0.05, 0) is 41.1 Å². The van der Waals surface area contributed by atoms with Crippen molar-refractivity contribution in [1.29, 1.82) is 0 Å². The number of ether oxygens (including phenoxy) is 2. The Morgan fingerprint density at radius 1 is 1.33 bits per heavy atom. The van der Waals surface area contributed by atoms with Crippen molar-refractivity contribution in [3.8, 4) is 5.75 Å². The van der Waals surface area contributed by atoms with Crippen LogP contribution in [0.25, 0.3) is 0 Å². The summed E-state index contributed by atoms with van der Waals surface area (Å²) in [6, 6.07) is 7.38. The van der Waals surface area contributed by atoms with Gasteiger partial charge in [0.1, 0.15) is 22.8 Å². The molecule has 0 saturated carbocycles. The molecule has 0 unspecified atom stereocenters. The van der Waals surface area contributed by atoms with E-state index in [1.807, 2.05) is 18.2 Å². The highest BCUT2D eigenvalue weighted by molar-refractivity contribution is 9.10. The standard InChI is InChI=1S/C15H16BrNO4/c1-9-12(15(18)20-3)7-11(21-9)8-17-10-4-5-13(16)14(6-10)19-2/h4-7,17H,8H2,1-3H3. The molecule has 0 radical (unpaired) electrons. The smallest absolute Gasteiger partial charge is 0.341 e. The summed E-state index contributed by atoms with van der Waals surface area (Å²) in [6.45, 7) is 2.20. The monoisotopic (exact) mass is 353 g/mol. The van der Waals surface area contributed by atoms with Crippen molar-refractivity contribution in [3.05, 3.63) is 45.8 Å². The molecule has 2 aromatic rings. The van der Waals surface area contributed by atoms with E-state index in [-0.39, 0.29) is 0 Å². The number of rotatable bonds is 5. The van der Waals surface area contributed by atoms with Gasteiger partial charge in [0, 0.05) is 11.8 Å². The summed E-state index contributed by atoms with van der Waals surface area (Å²) in [5, 5.41) is 3.21. The minimum Gasteiger partial charge on any atom is -0.495 e. The summed E-state index contributed by atoms with van der Waals surface area (Å²) in [6.07, 6.45) is 0. The zero-order valence-electron chi connectivity index (χ0n) is 12.0. The van der Waals surface area contributed by atoms with E-state index in [9.17, 15) is 4.79 Å². The molecular weight excluding hydrogens is 338 g/mol. The quantitative estimate of drug-likeness (QED) is 0.829. The molecule has 0 saturated heterocycles. The SMILES string of the molecule is COC(=O)c1cc(CNc2ccc(Br)c(OC)c2)oc1C. The van der Waals surface area contributed by atoms with Gasteiger partial charge in [0.2, 0.25) is 0 Å². The van der Waals surface area contributed by atoms with E-state index in [1.54, 1.807) is 20.1 Å². The number of nitrogens with one attached hydrogen (secondary N) is 1. The van der Waals surface area contributed by atoms with E-state index in [0.29, 0.717) is 23.6 Å². The molecule has 0 aliphatic carbocycles. The summed E-state index contributed by atoms with van der Waals surface area (Å²) in [5.74, 6) is 1.56. The first-order valence-corrected chi connectivity index (χ1v) is 7.09. The van der Waals surface area contributed by atoms with Gasteiger partial charge in [-0.3, -0.25) is 0 Å². The van der Waals surface area contributed by atoms with Crippen molar-refractivity contribution >= 4 is 27.6 Å². The maximum absolute atomic E-state index is 11.5. The fourth-order valence-corrected chi connectivity index (χ4v) is 2.31. The predicted molar refractivity (Wildman–Crippen MR) is 82.8 cm³/mol. The molecule has 0 bridgehead atoms. The molecule has 6 heteroatoms. The van der Waals surface area contributed by atoms with E-state index >= 15 is 0 Å². The maximum Gasteiger partial charge on any atom is 0.341 e. The fraction of sp³-hybridized carbons (Fsp3) is 0.267. The maximum atomic E-state index is 11.5. The predicted octanol–water partition coefficient (Wildman–Crippen LogP) is 3.76. The Labute approximate surface area is 131 Å². The van der Waals surface area contributed by atoms with Gasteiger partial charge in [0.25, 0.3) is 0 Å². The highest BCUT2D eigenvalue weighted by Gasteiger charge is 2.15. The molecule has 0 fully saturated rings. The van der Waals surface area contributed by atoms with Crippen LogP contribution in [-0.2, 0) is 11.3 Å². The Morgan fingerprint density at radius 2 is 2.10 bits per heavy atom. The van der Waals surface area contributed by atoms with Crippen LogP contribution in [0.4, 0.5) is 5.69 Å². The van der Waals surface area contributed by atoms with Crippen molar-refractivity contribution in [3.63, 3.8) is 0 Å². The van der Waals surface area contributed by atoms with Crippen LogP contribution < -0.4 is 10.1 Å². The molecule has 1 N–H and O–H groups in total. The molecule has 21 heavy (non-hydrogen) atoms. The number of hydrogen-bond donors (Lipinski definition) is 1. The van der Waals surface area contributed by atoms with Gasteiger partial charge in [-0.15, -0.1) is 0 Å². The third kappa shape index (κ3) is 3.58. The van der Waals surface area contributed by atoms with Crippen molar-refractivity contribution in [2.75, 3.05) is 19.5 Å². The molecule has 0 amide bonds. The lowest BCUT2D eigenvalue weighted by molar-refractivity contribution is 0.0599. The van der Waals surface area contributed by atoms with Gasteiger partial charge >= 0.3 is 5.97 Å². The van der Waals surface area contributed by atoms with Gasteiger partial charge in [-0.2, -0.15) is 0 Å². The fourth-order valence-electron chi connectivity index (χ4n) is 1.90. The zero-order chi connectivity index (χ0) is 15.4. The van der Waals surface area contributed by atoms with Crippen molar-refractivity contribution < 1.29 is 18.7 Å². The first-order chi connectivity index (χ1) is 10.0. The Kier molecular flexibility index (Phi) is 4.90. The number of esters is 1. The first-order valence-electron chi connectivity index (χ1n) is 6.30. The third-order valence-electron chi connectivity index (χ3n) is 2.99. The van der Waals surface area contributed by atoms with Crippen LogP contribution in [0, 0.1) is 6.92 Å². The molecule has 5 nitrogen and oxygen atoms in total. The molecule has 2 rings (SSSR count). The van der Waals surface area contributed by atoms with Gasteiger partial charge in [-0.25, -0.2) is 4.79 Å². The van der Waals surface area contributed by atoms with Crippen LogP contribution in [0.5, 0.6) is 5.75 Å². The summed E-state index contributed by atoms with van der Waals surface area (Å²) in [7, 11) is 2.96. The van der Waals surface area contributed by atoms with Gasteiger partial charge in [0.15, 0.2) is 0 Å². The number of carbonyl (C=O) groups is 1. The summed E-state index contributed by atoms with van der Waals surface area (Å²) in [4.78, 5) is 11.5. The molecule has 1 aromatic carbocycles. The van der Waals surface area contributed by atoms with Crippen molar-refractivity contribution in [2.24, 2.45) is 0 Å². The zero-order valence-corrected chi connectivity index (χ0v) is 13.6. The lowest BCUT2D eigenvalue weighted by atomic mass is 10.2. The van der Waals surface area contributed by atoms with Crippen LogP contribution in [0.1, 0.15) is 21.9 Å². The minimum atomic E-state index is -0.396. The summed E-state index contributed by atoms with van der Waals surface area (Å²) < 4.78 is 16.4. The Bertz CT molecular complexity index is 651. The minimum absolute atomic E-state index is 0.396. The second kappa shape index (κ2) is 6.67. The number of methoxy groups -OCH3 is 2. The Morgan fingerprint density at radius 3 is 2.76 bits per heavy atom. The molecule has 0 atom stereocenters. The van der Waals surface area contributed by atoms with E-state index in [2.05, 4.69) is 21.2 Å². The number of aryl methyl sites for hydroxylation is 1. The average molecular weight is 354 g/mol. The lowest BCUT2D eigenvalue weighted by Crippen LogP contribution is -2.01. The normalized spacial score (nSPS) is 10.3. The largest absolute Gasteiger partial charge is 0.495 e. The van der Waals surface area contributed by atoms with Gasteiger partial charge in [-0.1, -0.05) is 0 Å². The first kappa shape index (κ1) is 15.4. The Hall–Kier alpha value is -1.95. The van der Waals surface area contributed by atoms with E-state index in [0.717, 1.165) is 15.9 Å². The second-order valence-electron chi connectivity index (χ2n) is 4.38. The van der Waals surface area contributed by atoms with E-state index < -0.39 is 5.97 Å². The van der Waals surface area contributed by atoms with Crippen LogP contribution in [0.2, 0.25) is 0 Å². The molecule has 1 aromatic heterocycles. The lowest BCUT2D eigenvalue weighted by Gasteiger charge is -2.08. The number of benzene rings is 1. The molecule has 0 aliphatic rings. The molecule has 112 valence electrons. The summed E-state index contributed by atoms with van der Waals surface area (Å²) in [5.41, 5.74) is 1.34. The van der Waals surface area contributed by atoms with E-state index in [4.69, 9.17) is 13.9 Å². The van der Waals surface area contributed by atoms with Crippen LogP contribution in [0.15, 0.2) is 33.2 Å². The number of hydrogen-bond acceptors (Lipinski definition) is 5. The molecular formula is C15H16BrNO4. The highest BCUT2D eigenvalue weighted by Crippen LogP contribution is 2.28. The van der Waals surface area contributed by atoms with Crippen molar-refractivity contribution in [1.82, 2.24) is 0 Å². The number of anilines is 1. The van der Waals surface area contributed by atoms with Gasteiger partial charge < -0.3 is 19.2 Å². The number of carbonyl (C=O) groups excluding carboxylic acids is 1. The molecule has 0 spiro atoms. The van der Waals surface area contributed by atoms with Gasteiger partial charge in [0.05, 0.1) is 25.2 Å². The van der Waals surface area contributed by atoms with Crippen molar-refractivity contribution in [2.45, 2.75) is 13.5 Å². The number of halogens is 1. The topological polar surface area (TPSA) is 60.7 Å². The highest BCUT2D eigenvalue weighted by atomic mass is 79.9. The summed E-state index contributed by atoms with van der Waals surface area (Å²) >= 11 is 3.40. The molecule has 0 aliphatic heterocycles. The Balaban J connectivity index is 2.08. The molecule has 1 heterocycles. The number of furan rings is 1. The third-order valence-corrected chi connectivity index (χ3v) is 3.65. The average Bonchev–Trinajstić information content (AvgIpc) is 2.86. The second-order valence-corrected chi connectivity index (χ2v) is 5.23. The van der Waals surface area contributed by atoms with Crippen LogP contribution >= 0.6 is 15.9 Å². The van der Waals surface area contributed by atoms with E-state index in [1.165, 1.54) is 7.11 Å². The van der Waals surface area contributed by atoms with Crippen LogP contribution in [0.3, 0.4) is 0 Å².